The summed E-state index contributed by atoms with van der Waals surface area (Å²) in [6, 6.07) is 0.944. The number of amides is 1. The van der Waals surface area contributed by atoms with E-state index in [-0.39, 0.29) is 47.7 Å². The maximum absolute atomic E-state index is 15.7. The Balaban J connectivity index is 1.30. The van der Waals surface area contributed by atoms with Gasteiger partial charge in [-0.25, -0.2) is 4.39 Å². The predicted molar refractivity (Wildman–Crippen MR) is 185 cm³/mol. The van der Waals surface area contributed by atoms with Gasteiger partial charge < -0.3 is 25.0 Å². The number of carbonyl (C=O) groups is 1. The Morgan fingerprint density at radius 2 is 2.02 bits per heavy atom. The third-order valence-corrected chi connectivity index (χ3v) is 10.7. The minimum Gasteiger partial charge on any atom is -0.461 e. The lowest BCUT2D eigenvalue weighted by Crippen LogP contribution is -2.43. The number of ether oxygens (including phenoxy) is 2. The van der Waals surface area contributed by atoms with E-state index in [0.717, 1.165) is 44.0 Å². The molecule has 3 aromatic rings. The van der Waals surface area contributed by atoms with Crippen molar-refractivity contribution in [1.82, 2.24) is 29.5 Å². The average molecular weight is 743 g/mol. The largest absolute Gasteiger partial charge is 0.461 e. The third kappa shape index (κ3) is 6.34. The molecule has 2 N–H and O–H groups in total. The van der Waals surface area contributed by atoms with Crippen LogP contribution in [-0.4, -0.2) is 81.3 Å². The number of benzene rings is 1. The quantitative estimate of drug-likeness (QED) is 0.151. The second kappa shape index (κ2) is 13.5. The van der Waals surface area contributed by atoms with Crippen LogP contribution in [0.1, 0.15) is 82.8 Å². The number of rotatable bonds is 6. The molecule has 0 aliphatic carbocycles. The minimum absolute atomic E-state index is 0.0436. The van der Waals surface area contributed by atoms with Gasteiger partial charge in [-0.2, -0.15) is 28.2 Å². The van der Waals surface area contributed by atoms with Gasteiger partial charge in [0.15, 0.2) is 11.5 Å². The summed E-state index contributed by atoms with van der Waals surface area (Å²) in [5.41, 5.74) is 5.56. The molecule has 16 heteroatoms. The first kappa shape index (κ1) is 36.0. The molecule has 2 atom stereocenters. The van der Waals surface area contributed by atoms with Crippen LogP contribution in [0.3, 0.4) is 0 Å². The standard InChI is InChI=1S/C36H39ClF4N8O3/c1-5-8-21-13-23(42)30(38)27(28(21)36(39,40)41)26-14-24-22(18-51-26)32(44-34(43-24)52-19-35-9-6-11-48(35)16-20(2)15-35)47-10-7-12-49-25(17-47)29(37)31(45-49)33(50)46(3)4/h13,26H,2,6-7,9-12,14-19,42H2,1,3-4H3/t26-,35+/m1/s1. The SMILES string of the molecule is C=C1CN2CCC[C@@]2(COc2nc3c(c(N4CCCn5nc(C(=O)N(C)C)c(Cl)c5C4)n2)CO[C@@H](c2c(F)c(N)cc(C#CC)c2C(F)(F)F)C3)C1. The van der Waals surface area contributed by atoms with E-state index in [1.807, 2.05) is 4.90 Å². The number of aromatic nitrogens is 4. The van der Waals surface area contributed by atoms with Crippen molar-refractivity contribution in [3.63, 3.8) is 0 Å². The van der Waals surface area contributed by atoms with Gasteiger partial charge in [0.2, 0.25) is 0 Å². The van der Waals surface area contributed by atoms with Crippen molar-refractivity contribution >= 4 is 29.0 Å². The zero-order valence-electron chi connectivity index (χ0n) is 29.2. The van der Waals surface area contributed by atoms with Gasteiger partial charge in [0.1, 0.15) is 12.4 Å². The van der Waals surface area contributed by atoms with Crippen LogP contribution in [0.2, 0.25) is 5.02 Å². The lowest BCUT2D eigenvalue weighted by Gasteiger charge is -2.33. The van der Waals surface area contributed by atoms with Gasteiger partial charge >= 0.3 is 12.2 Å². The van der Waals surface area contributed by atoms with E-state index < -0.39 is 40.5 Å². The van der Waals surface area contributed by atoms with Gasteiger partial charge in [-0.1, -0.05) is 29.7 Å². The number of nitrogens with zero attached hydrogens (tertiary/aromatic N) is 7. The summed E-state index contributed by atoms with van der Waals surface area (Å²) < 4.78 is 73.7. The van der Waals surface area contributed by atoms with E-state index in [0.29, 0.717) is 48.9 Å². The van der Waals surface area contributed by atoms with Crippen molar-refractivity contribution in [2.75, 3.05) is 51.0 Å². The van der Waals surface area contributed by atoms with E-state index >= 15 is 4.39 Å². The average Bonchev–Trinajstić information content (AvgIpc) is 3.66. The molecule has 2 fully saturated rings. The summed E-state index contributed by atoms with van der Waals surface area (Å²) in [5.74, 6) is 3.80. The zero-order valence-corrected chi connectivity index (χ0v) is 29.9. The Labute approximate surface area is 303 Å². The molecule has 0 spiro atoms. The van der Waals surface area contributed by atoms with Crippen LogP contribution in [-0.2, 0) is 37.0 Å². The molecule has 52 heavy (non-hydrogen) atoms. The molecule has 0 radical (unpaired) electrons. The highest BCUT2D eigenvalue weighted by molar-refractivity contribution is 6.34. The van der Waals surface area contributed by atoms with E-state index in [4.69, 9.17) is 36.8 Å². The van der Waals surface area contributed by atoms with Crippen LogP contribution < -0.4 is 15.4 Å². The first-order valence-electron chi connectivity index (χ1n) is 17.1. The molecule has 1 aromatic carbocycles. The molecular weight excluding hydrogens is 704 g/mol. The highest BCUT2D eigenvalue weighted by Crippen LogP contribution is 2.45. The monoisotopic (exact) mass is 742 g/mol. The lowest BCUT2D eigenvalue weighted by molar-refractivity contribution is -0.140. The molecular formula is C36H39ClF4N8O3. The normalized spacial score (nSPS) is 21.6. The number of carbonyl (C=O) groups excluding carboxylic acids is 1. The first-order chi connectivity index (χ1) is 24.7. The van der Waals surface area contributed by atoms with Crippen LogP contribution in [0.25, 0.3) is 0 Å². The van der Waals surface area contributed by atoms with Gasteiger partial charge in [-0.3, -0.25) is 14.4 Å². The Morgan fingerprint density at radius 1 is 1.23 bits per heavy atom. The Morgan fingerprint density at radius 3 is 2.75 bits per heavy atom. The zero-order chi connectivity index (χ0) is 37.1. The predicted octanol–water partition coefficient (Wildman–Crippen LogP) is 5.54. The van der Waals surface area contributed by atoms with Crippen LogP contribution in [0.15, 0.2) is 18.2 Å². The van der Waals surface area contributed by atoms with E-state index in [2.05, 4.69) is 28.4 Å². The Hall–Kier alpha value is -4.39. The molecule has 6 heterocycles. The van der Waals surface area contributed by atoms with Crippen molar-refractivity contribution in [3.05, 3.63) is 68.4 Å². The molecule has 0 saturated carbocycles. The number of aryl methyl sites for hydroxylation is 1. The molecule has 2 aromatic heterocycles. The van der Waals surface area contributed by atoms with Gasteiger partial charge in [-0.15, -0.1) is 5.92 Å². The van der Waals surface area contributed by atoms with Crippen LogP contribution in [0, 0.1) is 17.7 Å². The maximum Gasteiger partial charge on any atom is 0.418 e. The number of nitrogens with two attached hydrogens (primary N) is 1. The molecule has 4 aliphatic heterocycles. The van der Waals surface area contributed by atoms with E-state index in [1.165, 1.54) is 11.8 Å². The highest BCUT2D eigenvalue weighted by Gasteiger charge is 2.47. The molecule has 276 valence electrons. The second-order valence-corrected chi connectivity index (χ2v) is 14.4. The van der Waals surface area contributed by atoms with Crippen molar-refractivity contribution < 1.29 is 31.8 Å². The number of nitrogen functional groups attached to an aromatic ring is 1. The number of anilines is 2. The minimum atomic E-state index is -4.95. The molecule has 1 amide bonds. The van der Waals surface area contributed by atoms with Gasteiger partial charge in [0, 0.05) is 56.8 Å². The second-order valence-electron chi connectivity index (χ2n) is 14.0. The van der Waals surface area contributed by atoms with E-state index in [1.54, 1.807) is 18.8 Å². The number of alkyl halides is 3. The summed E-state index contributed by atoms with van der Waals surface area (Å²) in [6.07, 6.45) is -3.22. The fourth-order valence-corrected chi connectivity index (χ4v) is 8.22. The number of halogens is 5. The summed E-state index contributed by atoms with van der Waals surface area (Å²) >= 11 is 6.77. The van der Waals surface area contributed by atoms with Crippen molar-refractivity contribution in [1.29, 1.82) is 0 Å². The van der Waals surface area contributed by atoms with Crippen LogP contribution in [0.5, 0.6) is 6.01 Å². The fraction of sp³-hybridized carbons (Fsp3) is 0.500. The summed E-state index contributed by atoms with van der Waals surface area (Å²) in [4.78, 5) is 28.2. The van der Waals surface area contributed by atoms with Crippen molar-refractivity contribution in [2.24, 2.45) is 0 Å². The Kier molecular flexibility index (Phi) is 9.37. The van der Waals surface area contributed by atoms with Crippen LogP contribution >= 0.6 is 11.6 Å². The van der Waals surface area contributed by atoms with Gasteiger partial charge in [0.05, 0.1) is 52.5 Å². The molecule has 2 saturated heterocycles. The summed E-state index contributed by atoms with van der Waals surface area (Å²) in [6.45, 7) is 8.59. The highest BCUT2D eigenvalue weighted by atomic mass is 35.5. The van der Waals surface area contributed by atoms with Crippen molar-refractivity contribution in [2.45, 2.75) is 76.5 Å². The molecule has 4 aliphatic rings. The smallest absolute Gasteiger partial charge is 0.418 e. The van der Waals surface area contributed by atoms with Gasteiger partial charge in [0.25, 0.3) is 5.91 Å². The van der Waals surface area contributed by atoms with Crippen molar-refractivity contribution in [3.8, 4) is 17.9 Å². The summed E-state index contributed by atoms with van der Waals surface area (Å²) in [5, 5.41) is 4.73. The van der Waals surface area contributed by atoms with Crippen LogP contribution in [0.4, 0.5) is 29.1 Å². The molecule has 0 bridgehead atoms. The number of hydrogen-bond donors (Lipinski definition) is 1. The topological polar surface area (TPSA) is 115 Å². The van der Waals surface area contributed by atoms with Gasteiger partial charge in [-0.05, 0) is 45.2 Å². The first-order valence-corrected chi connectivity index (χ1v) is 17.5. The third-order valence-electron chi connectivity index (χ3n) is 10.3. The fourth-order valence-electron chi connectivity index (χ4n) is 7.94. The number of hydrogen-bond acceptors (Lipinski definition) is 9. The molecule has 0 unspecified atom stereocenters. The van der Waals surface area contributed by atoms with E-state index in [9.17, 15) is 18.0 Å². The Bertz CT molecular complexity index is 2020. The summed E-state index contributed by atoms with van der Waals surface area (Å²) in [7, 11) is 3.24. The molecule has 7 rings (SSSR count). The number of fused-ring (bicyclic) bond motifs is 3. The molecule has 11 nitrogen and oxygen atoms in total. The maximum atomic E-state index is 15.7. The lowest BCUT2D eigenvalue weighted by atomic mass is 9.91.